The summed E-state index contributed by atoms with van der Waals surface area (Å²) in [4.78, 5) is 47.1. The minimum Gasteiger partial charge on any atom is -0.342 e. The van der Waals surface area contributed by atoms with Crippen LogP contribution in [0.2, 0.25) is 0 Å². The van der Waals surface area contributed by atoms with E-state index >= 15 is 0 Å². The second kappa shape index (κ2) is 14.2. The molecule has 2 N–H and O–H groups in total. The summed E-state index contributed by atoms with van der Waals surface area (Å²) in [6.07, 6.45) is 1.92. The lowest BCUT2D eigenvalue weighted by Crippen LogP contribution is -2.61. The molecule has 0 saturated carbocycles. The van der Waals surface area contributed by atoms with E-state index in [9.17, 15) is 14.4 Å². The van der Waals surface area contributed by atoms with Crippen molar-refractivity contribution in [3.63, 3.8) is 0 Å². The molecule has 1 fully saturated rings. The van der Waals surface area contributed by atoms with Gasteiger partial charge in [0, 0.05) is 44.2 Å². The molecule has 3 amide bonds. The molecule has 1 heterocycles. The zero-order valence-corrected chi connectivity index (χ0v) is 28.5. The average molecular weight is 584 g/mol. The third-order valence-corrected chi connectivity index (χ3v) is 8.66. The first-order valence-electron chi connectivity index (χ1n) is 15.3. The van der Waals surface area contributed by atoms with E-state index in [-0.39, 0.29) is 29.7 Å². The van der Waals surface area contributed by atoms with Gasteiger partial charge in [0.15, 0.2) is 0 Å². The third-order valence-electron chi connectivity index (χ3n) is 8.66. The van der Waals surface area contributed by atoms with Crippen molar-refractivity contribution >= 4 is 17.7 Å². The van der Waals surface area contributed by atoms with Crippen LogP contribution in [0.15, 0.2) is 29.8 Å². The number of nitrogens with one attached hydrogen (secondary N) is 2. The molecular formula is C34H57N5O3. The molecule has 8 heteroatoms. The lowest BCUT2D eigenvalue weighted by molar-refractivity contribution is -0.141. The molecule has 0 unspecified atom stereocenters. The summed E-state index contributed by atoms with van der Waals surface area (Å²) in [7, 11) is 5.62. The Morgan fingerprint density at radius 3 is 1.90 bits per heavy atom. The van der Waals surface area contributed by atoms with Gasteiger partial charge in [-0.2, -0.15) is 0 Å². The molecule has 0 bridgehead atoms. The molecule has 1 aromatic carbocycles. The van der Waals surface area contributed by atoms with Crippen LogP contribution < -0.4 is 10.6 Å². The van der Waals surface area contributed by atoms with Crippen LogP contribution in [0.1, 0.15) is 72.1 Å². The number of rotatable bonds is 10. The van der Waals surface area contributed by atoms with Crippen molar-refractivity contribution < 1.29 is 14.4 Å². The first-order chi connectivity index (χ1) is 19.3. The van der Waals surface area contributed by atoms with Crippen molar-refractivity contribution in [2.45, 2.75) is 92.8 Å². The fourth-order valence-electron chi connectivity index (χ4n) is 5.90. The highest BCUT2D eigenvalue weighted by Gasteiger charge is 2.41. The highest BCUT2D eigenvalue weighted by Crippen LogP contribution is 2.30. The van der Waals surface area contributed by atoms with E-state index < -0.39 is 22.9 Å². The molecule has 3 atom stereocenters. The normalized spacial score (nSPS) is 17.6. The fraction of sp³-hybridized carbons (Fsp3) is 0.676. The number of nitrogens with zero attached hydrogens (tertiary/aromatic N) is 3. The summed E-state index contributed by atoms with van der Waals surface area (Å²) in [5.41, 5.74) is 2.92. The SMILES string of the molecule is CN[C@H](C(=O)N[C@H](C(=O)N(C)[C@H](/C=C(\C)C(=O)N1CCN(C)CC1)C(C)C)C(C)(C)C)C(C)(C)c1cc(C)cc(C)c1. The molecule has 0 aliphatic carbocycles. The molecule has 0 radical (unpaired) electrons. The summed E-state index contributed by atoms with van der Waals surface area (Å²) >= 11 is 0. The van der Waals surface area contributed by atoms with Gasteiger partial charge in [0.1, 0.15) is 6.04 Å². The van der Waals surface area contributed by atoms with Gasteiger partial charge in [-0.1, -0.05) is 83.9 Å². The summed E-state index contributed by atoms with van der Waals surface area (Å²) < 4.78 is 0. The van der Waals surface area contributed by atoms with Gasteiger partial charge in [-0.25, -0.2) is 0 Å². The van der Waals surface area contributed by atoms with Crippen molar-refractivity contribution in [3.05, 3.63) is 46.5 Å². The van der Waals surface area contributed by atoms with E-state index in [0.29, 0.717) is 18.7 Å². The molecule has 1 aliphatic rings. The standard InChI is InChI=1S/C34H57N5O3/c1-22(2)27(21-25(5)31(41)39-16-14-37(12)15-17-39)38(13)32(42)29(33(6,7)8)36-30(40)28(35-11)34(9,10)26-19-23(3)18-24(4)20-26/h18-22,27-29,35H,14-17H2,1-13H3,(H,36,40)/b25-21+/t27-,28-,29-/m1/s1. The molecular weight excluding hydrogens is 526 g/mol. The Morgan fingerprint density at radius 1 is 0.929 bits per heavy atom. The van der Waals surface area contributed by atoms with Gasteiger partial charge < -0.3 is 25.3 Å². The predicted molar refractivity (Wildman–Crippen MR) is 172 cm³/mol. The Bertz CT molecular complexity index is 1120. The van der Waals surface area contributed by atoms with Crippen LogP contribution in [0.3, 0.4) is 0 Å². The van der Waals surface area contributed by atoms with Crippen LogP contribution >= 0.6 is 0 Å². The molecule has 0 spiro atoms. The number of hydrogen-bond acceptors (Lipinski definition) is 5. The average Bonchev–Trinajstić information content (AvgIpc) is 2.88. The van der Waals surface area contributed by atoms with Crippen LogP contribution in [0, 0.1) is 25.2 Å². The Kier molecular flexibility index (Phi) is 12.0. The highest BCUT2D eigenvalue weighted by molar-refractivity contribution is 5.94. The van der Waals surface area contributed by atoms with Gasteiger partial charge in [-0.05, 0) is 51.8 Å². The maximum absolute atomic E-state index is 14.1. The number of amides is 3. The monoisotopic (exact) mass is 583 g/mol. The predicted octanol–water partition coefficient (Wildman–Crippen LogP) is 3.90. The molecule has 236 valence electrons. The van der Waals surface area contributed by atoms with Crippen LogP contribution in [0.4, 0.5) is 0 Å². The molecule has 1 aliphatic heterocycles. The number of aryl methyl sites for hydroxylation is 2. The molecule has 0 aromatic heterocycles. The van der Waals surface area contributed by atoms with Gasteiger partial charge in [0.05, 0.1) is 12.1 Å². The molecule has 1 saturated heterocycles. The first-order valence-corrected chi connectivity index (χ1v) is 15.3. The first kappa shape index (κ1) is 35.5. The number of likely N-dealkylation sites (N-methyl/N-ethyl adjacent to an activating group) is 3. The zero-order valence-electron chi connectivity index (χ0n) is 28.5. The highest BCUT2D eigenvalue weighted by atomic mass is 16.2. The number of piperazine rings is 1. The van der Waals surface area contributed by atoms with Crippen molar-refractivity contribution in [3.8, 4) is 0 Å². The fourth-order valence-corrected chi connectivity index (χ4v) is 5.90. The smallest absolute Gasteiger partial charge is 0.249 e. The van der Waals surface area contributed by atoms with Crippen LogP contribution in [0.25, 0.3) is 0 Å². The van der Waals surface area contributed by atoms with Crippen molar-refractivity contribution in [2.24, 2.45) is 11.3 Å². The Morgan fingerprint density at radius 2 is 1.45 bits per heavy atom. The minimum atomic E-state index is -0.760. The van der Waals surface area contributed by atoms with Crippen molar-refractivity contribution in [2.75, 3.05) is 47.3 Å². The number of hydrogen-bond donors (Lipinski definition) is 2. The van der Waals surface area contributed by atoms with E-state index in [0.717, 1.165) is 29.8 Å². The molecule has 2 rings (SSSR count). The summed E-state index contributed by atoms with van der Waals surface area (Å²) in [5.74, 6) is -0.314. The van der Waals surface area contributed by atoms with Crippen LogP contribution in [0.5, 0.6) is 0 Å². The maximum atomic E-state index is 14.1. The van der Waals surface area contributed by atoms with Crippen LogP contribution in [-0.4, -0.2) is 97.9 Å². The quantitative estimate of drug-likeness (QED) is 0.408. The topological polar surface area (TPSA) is 85.0 Å². The van der Waals surface area contributed by atoms with Gasteiger partial charge in [0.2, 0.25) is 17.7 Å². The Labute approximate surface area is 255 Å². The maximum Gasteiger partial charge on any atom is 0.249 e. The Balaban J connectivity index is 2.33. The van der Waals surface area contributed by atoms with Gasteiger partial charge in [-0.15, -0.1) is 0 Å². The summed E-state index contributed by atoms with van der Waals surface area (Å²) in [6, 6.07) is 4.74. The largest absolute Gasteiger partial charge is 0.342 e. The summed E-state index contributed by atoms with van der Waals surface area (Å²) in [5, 5.41) is 6.35. The number of carbonyl (C=O) groups excluding carboxylic acids is 3. The van der Waals surface area contributed by atoms with E-state index in [1.165, 1.54) is 0 Å². The lowest BCUT2D eigenvalue weighted by Gasteiger charge is -2.40. The molecule has 42 heavy (non-hydrogen) atoms. The number of carbonyl (C=O) groups is 3. The van der Waals surface area contributed by atoms with Gasteiger partial charge in [0.25, 0.3) is 0 Å². The lowest BCUT2D eigenvalue weighted by atomic mass is 9.76. The van der Waals surface area contributed by atoms with E-state index in [4.69, 9.17) is 0 Å². The summed E-state index contributed by atoms with van der Waals surface area (Å²) in [6.45, 7) is 23.2. The van der Waals surface area contributed by atoms with Crippen LogP contribution in [-0.2, 0) is 19.8 Å². The number of benzene rings is 1. The third kappa shape index (κ3) is 8.66. The molecule has 1 aromatic rings. The van der Waals surface area contributed by atoms with Crippen molar-refractivity contribution in [1.29, 1.82) is 0 Å². The second-order valence-corrected chi connectivity index (χ2v) is 14.3. The zero-order chi connectivity index (χ0) is 32.2. The van der Waals surface area contributed by atoms with Gasteiger partial charge in [-0.3, -0.25) is 14.4 Å². The van der Waals surface area contributed by atoms with E-state index in [2.05, 4.69) is 68.5 Å². The second-order valence-electron chi connectivity index (χ2n) is 14.3. The van der Waals surface area contributed by atoms with Crippen molar-refractivity contribution in [1.82, 2.24) is 25.3 Å². The minimum absolute atomic E-state index is 0.0146. The molecule has 8 nitrogen and oxygen atoms in total. The van der Waals surface area contributed by atoms with E-state index in [1.807, 2.05) is 52.5 Å². The van der Waals surface area contributed by atoms with Gasteiger partial charge >= 0.3 is 0 Å². The Hall–Kier alpha value is -2.71. The van der Waals surface area contributed by atoms with E-state index in [1.54, 1.807) is 19.0 Å².